The van der Waals surface area contributed by atoms with Gasteiger partial charge in [-0.2, -0.15) is 0 Å². The Kier molecular flexibility index (Phi) is 2.12. The van der Waals surface area contributed by atoms with Crippen LogP contribution in [0.1, 0.15) is 0 Å². The normalized spacial score (nSPS) is 11.2. The topological polar surface area (TPSA) is 35.2 Å². The van der Waals surface area contributed by atoms with Crippen LogP contribution in [-0.4, -0.2) is 6.36 Å². The number of anilines is 1. The number of alkyl halides is 3. The summed E-state index contributed by atoms with van der Waals surface area (Å²) in [5.41, 5.74) is 5.56. The second-order valence-electron chi connectivity index (χ2n) is 2.03. The van der Waals surface area contributed by atoms with E-state index in [0.29, 0.717) is 5.69 Å². The summed E-state index contributed by atoms with van der Waals surface area (Å²) in [6, 6.07) is 5.84. The molecule has 0 atom stereocenters. The molecule has 0 aliphatic rings. The fourth-order valence-corrected chi connectivity index (χ4v) is 0.611. The summed E-state index contributed by atoms with van der Waals surface area (Å²) in [6.07, 6.45) is -4.67. The zero-order valence-corrected chi connectivity index (χ0v) is 5.85. The predicted octanol–water partition coefficient (Wildman–Crippen LogP) is 1.97. The van der Waals surface area contributed by atoms with Gasteiger partial charge in [-0.25, -0.2) is 0 Å². The van der Waals surface area contributed by atoms with Gasteiger partial charge in [0.25, 0.3) is 0 Å². The Labute approximate surface area is 66.7 Å². The molecule has 0 heterocycles. The van der Waals surface area contributed by atoms with Crippen LogP contribution in [0.4, 0.5) is 18.9 Å². The Morgan fingerprint density at radius 3 is 2.42 bits per heavy atom. The van der Waals surface area contributed by atoms with Crippen LogP contribution in [0.5, 0.6) is 5.75 Å². The van der Waals surface area contributed by atoms with E-state index < -0.39 is 12.1 Å². The van der Waals surface area contributed by atoms with Crippen LogP contribution in [0, 0.1) is 6.07 Å². The highest BCUT2D eigenvalue weighted by molar-refractivity contribution is 5.40. The van der Waals surface area contributed by atoms with Crippen molar-refractivity contribution < 1.29 is 17.9 Å². The molecule has 0 saturated carbocycles. The van der Waals surface area contributed by atoms with Crippen LogP contribution in [0.2, 0.25) is 0 Å². The maximum atomic E-state index is 11.6. The van der Waals surface area contributed by atoms with Crippen molar-refractivity contribution in [3.63, 3.8) is 0 Å². The quantitative estimate of drug-likeness (QED) is 0.664. The molecule has 0 bridgehead atoms. The van der Waals surface area contributed by atoms with Gasteiger partial charge in [0.2, 0.25) is 0 Å². The molecule has 0 amide bonds. The summed E-state index contributed by atoms with van der Waals surface area (Å²) in [5.74, 6) is -0.392. The molecule has 2 N–H and O–H groups in total. The van der Waals surface area contributed by atoms with Crippen LogP contribution in [-0.2, 0) is 0 Å². The van der Waals surface area contributed by atoms with Crippen molar-refractivity contribution in [1.82, 2.24) is 0 Å². The number of rotatable bonds is 1. The minimum atomic E-state index is -4.67. The molecule has 0 saturated heterocycles. The molecule has 0 aliphatic carbocycles. The average Bonchev–Trinajstić information content (AvgIpc) is 1.91. The first-order valence-electron chi connectivity index (χ1n) is 3.00. The molecule has 1 rings (SSSR count). The summed E-state index contributed by atoms with van der Waals surface area (Å²) >= 11 is 0. The third-order valence-electron chi connectivity index (χ3n) is 1.03. The summed E-state index contributed by atoms with van der Waals surface area (Å²) in [6.45, 7) is 0. The third-order valence-corrected chi connectivity index (χ3v) is 1.03. The molecule has 5 heteroatoms. The maximum absolute atomic E-state index is 11.6. The van der Waals surface area contributed by atoms with Crippen molar-refractivity contribution in [3.8, 4) is 5.75 Å². The third kappa shape index (κ3) is 2.69. The summed E-state index contributed by atoms with van der Waals surface area (Å²) in [4.78, 5) is 0. The number of benzene rings is 1. The van der Waals surface area contributed by atoms with Crippen molar-refractivity contribution in [1.29, 1.82) is 0 Å². The van der Waals surface area contributed by atoms with Gasteiger partial charge in [0.05, 0.1) is 0 Å². The highest BCUT2D eigenvalue weighted by Gasteiger charge is 2.30. The summed E-state index contributed by atoms with van der Waals surface area (Å²) in [7, 11) is 0. The molecule has 0 fully saturated rings. The van der Waals surface area contributed by atoms with E-state index in [1.54, 1.807) is 0 Å². The molecule has 1 aromatic rings. The van der Waals surface area contributed by atoms with E-state index >= 15 is 0 Å². The van der Waals surface area contributed by atoms with Gasteiger partial charge in [0, 0.05) is 11.8 Å². The number of ether oxygens (including phenoxy) is 1. The largest absolute Gasteiger partial charge is 0.573 e. The van der Waals surface area contributed by atoms with Crippen LogP contribution in [0.15, 0.2) is 18.2 Å². The molecule has 1 aromatic carbocycles. The van der Waals surface area contributed by atoms with Gasteiger partial charge in [0.1, 0.15) is 5.75 Å². The van der Waals surface area contributed by atoms with Crippen LogP contribution < -0.4 is 10.5 Å². The summed E-state index contributed by atoms with van der Waals surface area (Å²) in [5, 5.41) is 0. The Balaban J connectivity index is 2.71. The second-order valence-corrected chi connectivity index (χ2v) is 2.03. The Hall–Kier alpha value is -1.39. The van der Waals surface area contributed by atoms with Gasteiger partial charge in [-0.1, -0.05) is 0 Å². The van der Waals surface area contributed by atoms with E-state index in [4.69, 9.17) is 5.73 Å². The minimum Gasteiger partial charge on any atom is -0.405 e. The fourth-order valence-electron chi connectivity index (χ4n) is 0.611. The van der Waals surface area contributed by atoms with E-state index in [0.717, 1.165) is 6.07 Å². The Bertz CT molecular complexity index is 254. The molecule has 0 unspecified atom stereocenters. The van der Waals surface area contributed by atoms with Gasteiger partial charge in [-0.3, -0.25) is 0 Å². The average molecular weight is 176 g/mol. The number of nitrogen functional groups attached to an aromatic ring is 1. The van der Waals surface area contributed by atoms with Crippen molar-refractivity contribution in [2.24, 2.45) is 0 Å². The van der Waals surface area contributed by atoms with Gasteiger partial charge in [-0.05, 0) is 18.2 Å². The van der Waals surface area contributed by atoms with Gasteiger partial charge < -0.3 is 10.5 Å². The molecular formula is C7H5F3NO. The lowest BCUT2D eigenvalue weighted by Gasteiger charge is -2.07. The van der Waals surface area contributed by atoms with E-state index in [2.05, 4.69) is 10.8 Å². The van der Waals surface area contributed by atoms with Crippen molar-refractivity contribution in [2.75, 3.05) is 5.73 Å². The van der Waals surface area contributed by atoms with Gasteiger partial charge >= 0.3 is 6.36 Å². The van der Waals surface area contributed by atoms with Crippen molar-refractivity contribution >= 4 is 5.69 Å². The lowest BCUT2D eigenvalue weighted by atomic mass is 10.3. The first-order chi connectivity index (χ1) is 5.47. The number of hydrogen-bond donors (Lipinski definition) is 1. The SMILES string of the molecule is Nc1c[c]c(OC(F)(F)F)cc1. The van der Waals surface area contributed by atoms with Crippen LogP contribution in [0.25, 0.3) is 0 Å². The van der Waals surface area contributed by atoms with Gasteiger partial charge in [0.15, 0.2) is 0 Å². The summed E-state index contributed by atoms with van der Waals surface area (Å²) < 4.78 is 38.3. The monoisotopic (exact) mass is 176 g/mol. The van der Waals surface area contributed by atoms with Crippen LogP contribution in [0.3, 0.4) is 0 Å². The van der Waals surface area contributed by atoms with E-state index in [9.17, 15) is 13.2 Å². The lowest BCUT2D eigenvalue weighted by Crippen LogP contribution is -2.17. The fraction of sp³-hybridized carbons (Fsp3) is 0.143. The molecule has 2 nitrogen and oxygen atoms in total. The molecule has 0 aromatic heterocycles. The van der Waals surface area contributed by atoms with Gasteiger partial charge in [-0.15, -0.1) is 13.2 Å². The first-order valence-corrected chi connectivity index (χ1v) is 3.00. The first kappa shape index (κ1) is 8.70. The maximum Gasteiger partial charge on any atom is 0.573 e. The molecule has 65 valence electrons. The molecule has 1 radical (unpaired) electrons. The van der Waals surface area contributed by atoms with E-state index in [1.807, 2.05) is 0 Å². The molecular weight excluding hydrogens is 171 g/mol. The predicted molar refractivity (Wildman–Crippen MR) is 36.4 cm³/mol. The highest BCUT2D eigenvalue weighted by atomic mass is 19.4. The van der Waals surface area contributed by atoms with E-state index in [-0.39, 0.29) is 0 Å². The Morgan fingerprint density at radius 2 is 2.00 bits per heavy atom. The standard InChI is InChI=1S/C7H5F3NO/c8-7(9,10)12-6-3-1-5(11)2-4-6/h1-3H,11H2. The molecule has 0 aliphatic heterocycles. The Morgan fingerprint density at radius 1 is 1.33 bits per heavy atom. The van der Waals surface area contributed by atoms with Crippen molar-refractivity contribution in [2.45, 2.75) is 6.36 Å². The van der Waals surface area contributed by atoms with Crippen LogP contribution >= 0.6 is 0 Å². The van der Waals surface area contributed by atoms with E-state index in [1.165, 1.54) is 12.1 Å². The number of hydrogen-bond acceptors (Lipinski definition) is 2. The second kappa shape index (κ2) is 2.92. The minimum absolute atomic E-state index is 0.338. The number of halogens is 3. The van der Waals surface area contributed by atoms with Crippen molar-refractivity contribution in [3.05, 3.63) is 24.3 Å². The molecule has 0 spiro atoms. The smallest absolute Gasteiger partial charge is 0.405 e. The number of nitrogens with two attached hydrogens (primary N) is 1. The zero-order chi connectivity index (χ0) is 9.19. The lowest BCUT2D eigenvalue weighted by molar-refractivity contribution is -0.274. The zero-order valence-electron chi connectivity index (χ0n) is 5.85. The molecule has 12 heavy (non-hydrogen) atoms. The highest BCUT2D eigenvalue weighted by Crippen LogP contribution is 2.22.